The first kappa shape index (κ1) is 18.1. The molecule has 2 aliphatic rings. The fourth-order valence-electron chi connectivity index (χ4n) is 4.06. The molecule has 1 aliphatic carbocycles. The van der Waals surface area contributed by atoms with E-state index in [9.17, 15) is 9.18 Å². The van der Waals surface area contributed by atoms with Gasteiger partial charge in [0.2, 0.25) is 5.91 Å². The van der Waals surface area contributed by atoms with Gasteiger partial charge in [-0.3, -0.25) is 4.79 Å². The van der Waals surface area contributed by atoms with Crippen LogP contribution in [0, 0.1) is 11.7 Å². The molecule has 0 N–H and O–H groups in total. The molecule has 0 saturated carbocycles. The zero-order chi connectivity index (χ0) is 17.6. The predicted molar refractivity (Wildman–Crippen MR) is 98.8 cm³/mol. The molecular formula is C21H29FN2O. The van der Waals surface area contributed by atoms with Crippen molar-refractivity contribution >= 4 is 5.91 Å². The van der Waals surface area contributed by atoms with Crippen LogP contribution in [0.1, 0.15) is 37.7 Å². The Labute approximate surface area is 150 Å². The average Bonchev–Trinajstić information content (AvgIpc) is 3.15. The summed E-state index contributed by atoms with van der Waals surface area (Å²) in [6.45, 7) is 3.80. The summed E-state index contributed by atoms with van der Waals surface area (Å²) in [6, 6.07) is 7.04. The van der Waals surface area contributed by atoms with Crippen molar-refractivity contribution in [3.05, 3.63) is 47.3 Å². The number of carbonyl (C=O) groups excluding carboxylic acids is 1. The van der Waals surface area contributed by atoms with Crippen molar-refractivity contribution in [3.8, 4) is 0 Å². The van der Waals surface area contributed by atoms with Crippen molar-refractivity contribution in [3.63, 3.8) is 0 Å². The van der Waals surface area contributed by atoms with E-state index in [1.165, 1.54) is 12.5 Å². The van der Waals surface area contributed by atoms with Crippen LogP contribution in [0.4, 0.5) is 4.39 Å². The lowest BCUT2D eigenvalue weighted by Crippen LogP contribution is -2.42. The van der Waals surface area contributed by atoms with Crippen LogP contribution in [-0.4, -0.2) is 48.9 Å². The summed E-state index contributed by atoms with van der Waals surface area (Å²) in [7, 11) is 1.93. The number of likely N-dealkylation sites (N-methyl/N-ethyl adjacent to an activating group) is 1. The first-order valence-electron chi connectivity index (χ1n) is 9.53. The number of hydrogen-bond donors (Lipinski definition) is 0. The fourth-order valence-corrected chi connectivity index (χ4v) is 4.06. The van der Waals surface area contributed by atoms with Gasteiger partial charge in [-0.1, -0.05) is 24.3 Å². The van der Waals surface area contributed by atoms with Gasteiger partial charge in [-0.05, 0) is 62.6 Å². The van der Waals surface area contributed by atoms with Crippen molar-refractivity contribution in [2.24, 2.45) is 5.92 Å². The van der Waals surface area contributed by atoms with E-state index in [0.717, 1.165) is 69.4 Å². The monoisotopic (exact) mass is 344 g/mol. The largest absolute Gasteiger partial charge is 0.342 e. The summed E-state index contributed by atoms with van der Waals surface area (Å²) in [5.74, 6) is 0.623. The van der Waals surface area contributed by atoms with Crippen molar-refractivity contribution in [1.82, 2.24) is 9.80 Å². The van der Waals surface area contributed by atoms with E-state index < -0.39 is 0 Å². The summed E-state index contributed by atoms with van der Waals surface area (Å²) in [5.41, 5.74) is 1.79. The van der Waals surface area contributed by atoms with Crippen LogP contribution in [0.25, 0.3) is 0 Å². The molecule has 1 atom stereocenters. The summed E-state index contributed by atoms with van der Waals surface area (Å²) in [4.78, 5) is 16.8. The number of halogens is 1. The zero-order valence-electron chi connectivity index (χ0n) is 15.2. The third-order valence-electron chi connectivity index (χ3n) is 5.45. The van der Waals surface area contributed by atoms with E-state index in [1.54, 1.807) is 6.07 Å². The Hall–Kier alpha value is -1.68. The van der Waals surface area contributed by atoms with Gasteiger partial charge in [0.1, 0.15) is 5.82 Å². The van der Waals surface area contributed by atoms with E-state index >= 15 is 0 Å². The smallest absolute Gasteiger partial charge is 0.249 e. The quantitative estimate of drug-likeness (QED) is 0.786. The van der Waals surface area contributed by atoms with Gasteiger partial charge in [0, 0.05) is 32.3 Å². The zero-order valence-corrected chi connectivity index (χ0v) is 15.2. The first-order valence-corrected chi connectivity index (χ1v) is 9.53. The van der Waals surface area contributed by atoms with Crippen LogP contribution in [0.2, 0.25) is 0 Å². The summed E-state index contributed by atoms with van der Waals surface area (Å²) >= 11 is 0. The maximum absolute atomic E-state index is 13.8. The Morgan fingerprint density at radius 2 is 2.16 bits per heavy atom. The Morgan fingerprint density at radius 3 is 2.92 bits per heavy atom. The van der Waals surface area contributed by atoms with Gasteiger partial charge in [0.05, 0.1) is 0 Å². The van der Waals surface area contributed by atoms with Gasteiger partial charge in [-0.25, -0.2) is 4.39 Å². The van der Waals surface area contributed by atoms with Crippen LogP contribution in [-0.2, 0) is 11.2 Å². The second kappa shape index (κ2) is 8.61. The summed E-state index contributed by atoms with van der Waals surface area (Å²) in [6.07, 6.45) is 8.27. The Kier molecular flexibility index (Phi) is 6.24. The molecule has 1 fully saturated rings. The number of piperidine rings is 1. The van der Waals surface area contributed by atoms with Crippen molar-refractivity contribution < 1.29 is 9.18 Å². The van der Waals surface area contributed by atoms with Gasteiger partial charge in [0.15, 0.2) is 0 Å². The molecule has 1 aromatic rings. The summed E-state index contributed by atoms with van der Waals surface area (Å²) in [5, 5.41) is 0. The number of nitrogens with zero attached hydrogens (tertiary/aromatic N) is 2. The number of hydrogen-bond acceptors (Lipinski definition) is 2. The molecule has 1 saturated heterocycles. The van der Waals surface area contributed by atoms with Crippen LogP contribution >= 0.6 is 0 Å². The Bertz CT molecular complexity index is 628. The van der Waals surface area contributed by atoms with E-state index in [0.29, 0.717) is 5.92 Å². The van der Waals surface area contributed by atoms with Gasteiger partial charge >= 0.3 is 0 Å². The number of allylic oxidation sites excluding steroid dienone is 1. The normalized spacial score (nSPS) is 21.2. The van der Waals surface area contributed by atoms with Gasteiger partial charge in [0.25, 0.3) is 0 Å². The lowest BCUT2D eigenvalue weighted by molar-refractivity contribution is -0.126. The molecule has 3 rings (SSSR count). The van der Waals surface area contributed by atoms with Crippen LogP contribution in [0.5, 0.6) is 0 Å². The highest BCUT2D eigenvalue weighted by Crippen LogP contribution is 2.22. The molecular weight excluding hydrogens is 315 g/mol. The third kappa shape index (κ3) is 4.91. The molecule has 0 spiro atoms. The van der Waals surface area contributed by atoms with E-state index in [-0.39, 0.29) is 11.7 Å². The molecule has 4 heteroatoms. The number of likely N-dealkylation sites (tertiary alicyclic amines) is 1. The minimum absolute atomic E-state index is 0.105. The summed E-state index contributed by atoms with van der Waals surface area (Å²) < 4.78 is 13.8. The molecule has 0 aromatic heterocycles. The molecule has 0 bridgehead atoms. The van der Waals surface area contributed by atoms with Gasteiger partial charge < -0.3 is 9.80 Å². The second-order valence-corrected chi connectivity index (χ2v) is 7.46. The maximum atomic E-state index is 13.8. The molecule has 25 heavy (non-hydrogen) atoms. The minimum atomic E-state index is -0.105. The number of amides is 1. The lowest BCUT2D eigenvalue weighted by Gasteiger charge is -2.35. The van der Waals surface area contributed by atoms with Crippen LogP contribution < -0.4 is 0 Å². The topological polar surface area (TPSA) is 23.6 Å². The van der Waals surface area contributed by atoms with Gasteiger partial charge in [-0.2, -0.15) is 0 Å². The highest BCUT2D eigenvalue weighted by molar-refractivity contribution is 5.93. The molecule has 0 radical (unpaired) electrons. The van der Waals surface area contributed by atoms with Crippen LogP contribution in [0.3, 0.4) is 0 Å². The van der Waals surface area contributed by atoms with Gasteiger partial charge in [-0.15, -0.1) is 0 Å². The Morgan fingerprint density at radius 1 is 1.32 bits per heavy atom. The number of rotatable bonds is 6. The molecule has 3 nitrogen and oxygen atoms in total. The molecule has 1 aromatic carbocycles. The van der Waals surface area contributed by atoms with E-state index in [2.05, 4.69) is 11.0 Å². The van der Waals surface area contributed by atoms with Crippen molar-refractivity contribution in [2.45, 2.75) is 38.5 Å². The SMILES string of the molecule is CN(CC1CCCN(CCc2ccccc2F)C1)C(=O)C1=CCCC1. The average molecular weight is 344 g/mol. The fraction of sp³-hybridized carbons (Fsp3) is 0.571. The molecule has 1 heterocycles. The Balaban J connectivity index is 1.47. The molecule has 136 valence electrons. The third-order valence-corrected chi connectivity index (χ3v) is 5.45. The highest BCUT2D eigenvalue weighted by atomic mass is 19.1. The standard InChI is InChI=1S/C21H29FN2O/c1-23(21(25)19-9-2-3-10-19)15-17-7-6-13-24(16-17)14-12-18-8-4-5-11-20(18)22/h4-5,8-9,11,17H,2-3,6-7,10,12-16H2,1H3. The first-order chi connectivity index (χ1) is 12.1. The maximum Gasteiger partial charge on any atom is 0.249 e. The van der Waals surface area contributed by atoms with Crippen molar-refractivity contribution in [1.29, 1.82) is 0 Å². The molecule has 1 unspecified atom stereocenters. The number of benzene rings is 1. The molecule has 1 amide bonds. The lowest BCUT2D eigenvalue weighted by atomic mass is 9.96. The van der Waals surface area contributed by atoms with E-state index in [1.807, 2.05) is 24.1 Å². The van der Waals surface area contributed by atoms with Crippen LogP contribution in [0.15, 0.2) is 35.9 Å². The minimum Gasteiger partial charge on any atom is -0.342 e. The predicted octanol–water partition coefficient (Wildman–Crippen LogP) is 3.65. The number of carbonyl (C=O) groups is 1. The second-order valence-electron chi connectivity index (χ2n) is 7.46. The highest BCUT2D eigenvalue weighted by Gasteiger charge is 2.24. The molecule has 1 aliphatic heterocycles. The van der Waals surface area contributed by atoms with Crippen molar-refractivity contribution in [2.75, 3.05) is 33.2 Å². The van der Waals surface area contributed by atoms with E-state index in [4.69, 9.17) is 0 Å².